The predicted octanol–water partition coefficient (Wildman–Crippen LogP) is -3.39. The molecule has 0 aliphatic carbocycles. The fraction of sp³-hybridized carbons (Fsp3) is 0. The van der Waals surface area contributed by atoms with Crippen molar-refractivity contribution in [1.82, 2.24) is 29.9 Å². The summed E-state index contributed by atoms with van der Waals surface area (Å²) in [7, 11) is 0. The number of hydrogen-bond acceptors (Lipinski definition) is 18. The van der Waals surface area contributed by atoms with E-state index in [1.807, 2.05) is 0 Å². The second kappa shape index (κ2) is 19.3. The van der Waals surface area contributed by atoms with Crippen LogP contribution in [0.3, 0.4) is 0 Å². The van der Waals surface area contributed by atoms with E-state index in [4.69, 9.17) is 0 Å². The van der Waals surface area contributed by atoms with Crippen molar-refractivity contribution in [3.8, 4) is 34.2 Å². The van der Waals surface area contributed by atoms with Crippen molar-refractivity contribution in [1.29, 1.82) is 0 Å². The first-order valence-corrected chi connectivity index (χ1v) is 14.8. The molecule has 0 atom stereocenters. The molecule has 0 bridgehead atoms. The van der Waals surface area contributed by atoms with Crippen molar-refractivity contribution >= 4 is 35.8 Å². The molecule has 0 unspecified atom stereocenters. The molecule has 0 saturated heterocycles. The van der Waals surface area contributed by atoms with Gasteiger partial charge in [-0.15, -0.1) is 0 Å². The Labute approximate surface area is 321 Å². The van der Waals surface area contributed by atoms with E-state index in [1.165, 1.54) is 110 Å². The maximum Gasteiger partial charge on any atom is 6.00 e. The Balaban J connectivity index is 0.000000220. The minimum Gasteiger partial charge on any atom is -0.545 e. The van der Waals surface area contributed by atoms with Crippen LogP contribution in [0.25, 0.3) is 34.2 Å². The standard InChI is InChI=1S/3C12H8N2O4.Ru/c3*15-11(16)7-1-3-13-9(5-7)10-6-8(12(17)18)2-4-14-10;/h3*1-6H,(H,15,16)(H,17,18);/q;;;+6/p-6. The summed E-state index contributed by atoms with van der Waals surface area (Å²) in [5.41, 5.74) is 1.17. The molecular formula is C36H18N6O12Ru. The van der Waals surface area contributed by atoms with Crippen LogP contribution in [0.5, 0.6) is 0 Å². The maximum atomic E-state index is 10.7. The SMILES string of the molecule is O=C([O-])c1ccnc(-c2cc(C(=O)[O-])ccn2)c1.O=C([O-])c1ccnc(-c2cc(C(=O)[O-])ccn2)c1.O=C([O-])c1ccnc(-c2cc(C(=O)[O-])ccn2)c1.[Ru+6]. The zero-order valence-corrected chi connectivity index (χ0v) is 29.1. The second-order valence-electron chi connectivity index (χ2n) is 10.3. The largest absolute Gasteiger partial charge is 6.00 e. The Morgan fingerprint density at radius 3 is 0.527 bits per heavy atom. The van der Waals surface area contributed by atoms with Crippen LogP contribution in [-0.2, 0) is 19.5 Å². The van der Waals surface area contributed by atoms with Crippen LogP contribution in [0.2, 0.25) is 0 Å². The van der Waals surface area contributed by atoms with Gasteiger partial charge < -0.3 is 59.4 Å². The van der Waals surface area contributed by atoms with Gasteiger partial charge in [-0.3, -0.25) is 29.9 Å². The Hall–Kier alpha value is -7.66. The van der Waals surface area contributed by atoms with Crippen LogP contribution < -0.4 is 30.6 Å². The zero-order chi connectivity index (χ0) is 39.4. The summed E-state index contributed by atoms with van der Waals surface area (Å²) in [5.74, 6) is -8.03. The number of pyridine rings is 6. The third-order valence-corrected chi connectivity index (χ3v) is 6.76. The first-order valence-electron chi connectivity index (χ1n) is 14.8. The zero-order valence-electron chi connectivity index (χ0n) is 27.3. The minimum absolute atomic E-state index is 0. The molecule has 0 aliphatic rings. The number of carbonyl (C=O) groups excluding carboxylic acids is 6. The summed E-state index contributed by atoms with van der Waals surface area (Å²) in [6.45, 7) is 0. The van der Waals surface area contributed by atoms with Crippen molar-refractivity contribution in [3.05, 3.63) is 143 Å². The Morgan fingerprint density at radius 2 is 0.418 bits per heavy atom. The number of rotatable bonds is 9. The quantitative estimate of drug-likeness (QED) is 0.128. The van der Waals surface area contributed by atoms with Gasteiger partial charge in [0.2, 0.25) is 0 Å². The number of carboxylic acids is 6. The van der Waals surface area contributed by atoms with Crippen molar-refractivity contribution in [2.45, 2.75) is 0 Å². The Bertz CT molecular complexity index is 1980. The molecule has 272 valence electrons. The van der Waals surface area contributed by atoms with E-state index < -0.39 is 35.8 Å². The summed E-state index contributed by atoms with van der Waals surface area (Å²) in [6, 6.07) is 15.2. The van der Waals surface area contributed by atoms with Gasteiger partial charge in [-0.2, -0.15) is 0 Å². The van der Waals surface area contributed by atoms with Crippen LogP contribution in [0, 0.1) is 0 Å². The molecule has 0 saturated carbocycles. The molecule has 55 heavy (non-hydrogen) atoms. The average Bonchev–Trinajstić information content (AvgIpc) is 3.18. The molecule has 19 heteroatoms. The van der Waals surface area contributed by atoms with Gasteiger partial charge in [0.25, 0.3) is 0 Å². The third kappa shape index (κ3) is 11.7. The molecule has 6 aromatic heterocycles. The number of aromatic carboxylic acids is 6. The predicted molar refractivity (Wildman–Crippen MR) is 168 cm³/mol. The van der Waals surface area contributed by atoms with Gasteiger partial charge in [-0.1, -0.05) is 0 Å². The topological polar surface area (TPSA) is 318 Å². The van der Waals surface area contributed by atoms with Crippen LogP contribution in [0.15, 0.2) is 110 Å². The van der Waals surface area contributed by atoms with Crippen LogP contribution in [-0.4, -0.2) is 65.7 Å². The molecular weight excluding hydrogens is 809 g/mol. The van der Waals surface area contributed by atoms with Crippen LogP contribution in [0.1, 0.15) is 62.1 Å². The fourth-order valence-electron chi connectivity index (χ4n) is 4.19. The number of hydrogen-bond donors (Lipinski definition) is 0. The number of carboxylic acid groups (broad SMARTS) is 6. The molecule has 0 fully saturated rings. The number of nitrogens with zero attached hydrogens (tertiary/aromatic N) is 6. The van der Waals surface area contributed by atoms with Gasteiger partial charge in [-0.25, -0.2) is 0 Å². The van der Waals surface area contributed by atoms with Crippen LogP contribution >= 0.6 is 0 Å². The molecule has 0 spiro atoms. The van der Waals surface area contributed by atoms with E-state index in [2.05, 4.69) is 29.9 Å². The molecule has 6 aromatic rings. The van der Waals surface area contributed by atoms with Gasteiger partial charge in [0.1, 0.15) is 0 Å². The van der Waals surface area contributed by atoms with Gasteiger partial charge in [-0.05, 0) is 72.8 Å². The maximum absolute atomic E-state index is 10.7. The molecule has 0 aliphatic heterocycles. The van der Waals surface area contributed by atoms with E-state index in [0.29, 0.717) is 0 Å². The normalized spacial score (nSPS) is 9.82. The van der Waals surface area contributed by atoms with Gasteiger partial charge >= 0.3 is 19.5 Å². The van der Waals surface area contributed by atoms with E-state index >= 15 is 0 Å². The van der Waals surface area contributed by atoms with Gasteiger partial charge in [0.15, 0.2) is 0 Å². The number of carbonyl (C=O) groups is 6. The minimum atomic E-state index is -1.34. The van der Waals surface area contributed by atoms with E-state index in [0.717, 1.165) is 0 Å². The van der Waals surface area contributed by atoms with Gasteiger partial charge in [0, 0.05) is 70.6 Å². The molecule has 0 aromatic carbocycles. The van der Waals surface area contributed by atoms with Crippen molar-refractivity contribution < 1.29 is 78.9 Å². The Morgan fingerprint density at radius 1 is 0.291 bits per heavy atom. The first-order chi connectivity index (χ1) is 25.7. The second-order valence-corrected chi connectivity index (χ2v) is 10.3. The summed E-state index contributed by atoms with van der Waals surface area (Å²) >= 11 is 0. The van der Waals surface area contributed by atoms with Crippen molar-refractivity contribution in [2.75, 3.05) is 0 Å². The molecule has 6 heterocycles. The molecule has 0 amide bonds. The fourth-order valence-corrected chi connectivity index (χ4v) is 4.19. The Kier molecular flexibility index (Phi) is 14.6. The molecule has 6 rings (SSSR count). The molecule has 18 nitrogen and oxygen atoms in total. The van der Waals surface area contributed by atoms with Gasteiger partial charge in [0.05, 0.1) is 70.0 Å². The average molecular weight is 828 g/mol. The number of aromatic nitrogens is 6. The first kappa shape index (κ1) is 41.8. The summed E-state index contributed by atoms with van der Waals surface area (Å²) in [4.78, 5) is 87.7. The summed E-state index contributed by atoms with van der Waals surface area (Å²) in [6.07, 6.45) is 7.71. The monoisotopic (exact) mass is 828 g/mol. The summed E-state index contributed by atoms with van der Waals surface area (Å²) in [5, 5.41) is 64.2. The summed E-state index contributed by atoms with van der Waals surface area (Å²) < 4.78 is 0. The van der Waals surface area contributed by atoms with E-state index in [9.17, 15) is 59.4 Å². The van der Waals surface area contributed by atoms with Crippen molar-refractivity contribution in [3.63, 3.8) is 0 Å². The van der Waals surface area contributed by atoms with E-state index in [1.54, 1.807) is 0 Å². The van der Waals surface area contributed by atoms with Crippen LogP contribution in [0.4, 0.5) is 0 Å². The van der Waals surface area contributed by atoms with Crippen molar-refractivity contribution in [2.24, 2.45) is 0 Å². The molecule has 0 radical (unpaired) electrons. The van der Waals surface area contributed by atoms with E-state index in [-0.39, 0.29) is 87.0 Å². The smallest absolute Gasteiger partial charge is 0.545 e. The molecule has 0 N–H and O–H groups in total. The third-order valence-electron chi connectivity index (χ3n) is 6.76.